The molecule has 1 heterocycles. The molecule has 1 fully saturated rings. The Bertz CT molecular complexity index is 299. The van der Waals surface area contributed by atoms with Gasteiger partial charge in [0.05, 0.1) is 11.0 Å². The zero-order chi connectivity index (χ0) is 12.2. The van der Waals surface area contributed by atoms with Gasteiger partial charge in [0.15, 0.2) is 9.84 Å². The second-order valence-corrected chi connectivity index (χ2v) is 7.01. The van der Waals surface area contributed by atoms with Crippen LogP contribution in [0.15, 0.2) is 0 Å². The first kappa shape index (κ1) is 13.9. The number of hydrogen-bond donors (Lipinski definition) is 2. The van der Waals surface area contributed by atoms with Crippen LogP contribution in [-0.4, -0.2) is 25.5 Å². The average molecular weight is 248 g/mol. The molecule has 5 heteroatoms. The molecule has 0 aromatic carbocycles. The number of nitrogens with one attached hydrogen (secondary N) is 1. The number of rotatable bonds is 5. The maximum Gasteiger partial charge on any atom is 0.154 e. The van der Waals surface area contributed by atoms with E-state index in [0.29, 0.717) is 11.7 Å². The fraction of sp³-hybridized carbons (Fsp3) is 1.00. The molecule has 3 N–H and O–H groups in total. The van der Waals surface area contributed by atoms with E-state index in [1.807, 2.05) is 0 Å². The lowest BCUT2D eigenvalue weighted by atomic mass is 9.90. The highest BCUT2D eigenvalue weighted by molar-refractivity contribution is 7.92. The monoisotopic (exact) mass is 248 g/mol. The van der Waals surface area contributed by atoms with E-state index in [1.165, 1.54) is 0 Å². The molecule has 1 saturated heterocycles. The Morgan fingerprint density at radius 2 is 1.94 bits per heavy atom. The average Bonchev–Trinajstić information content (AvgIpc) is 2.26. The molecule has 0 bridgehead atoms. The number of hydrogen-bond acceptors (Lipinski definition) is 4. The van der Waals surface area contributed by atoms with Crippen molar-refractivity contribution < 1.29 is 8.42 Å². The molecule has 0 aromatic heterocycles. The fourth-order valence-electron chi connectivity index (χ4n) is 2.73. The molecular weight excluding hydrogens is 224 g/mol. The molecule has 0 amide bonds. The highest BCUT2D eigenvalue weighted by atomic mass is 32.2. The maximum atomic E-state index is 12.0. The van der Waals surface area contributed by atoms with Crippen molar-refractivity contribution in [2.75, 3.05) is 5.75 Å². The van der Waals surface area contributed by atoms with E-state index in [9.17, 15) is 8.42 Å². The summed E-state index contributed by atoms with van der Waals surface area (Å²) < 4.78 is 24.0. The number of hydrazine groups is 1. The summed E-state index contributed by atoms with van der Waals surface area (Å²) in [6.45, 7) is 4.18. The first-order valence-electron chi connectivity index (χ1n) is 6.24. The summed E-state index contributed by atoms with van der Waals surface area (Å²) in [7, 11) is -2.94. The Hall–Kier alpha value is -0.130. The molecule has 1 aliphatic rings. The molecule has 0 aliphatic carbocycles. The van der Waals surface area contributed by atoms with Gasteiger partial charge in [-0.15, -0.1) is 0 Å². The summed E-state index contributed by atoms with van der Waals surface area (Å²) in [5, 5.41) is -0.281. The van der Waals surface area contributed by atoms with Crippen LogP contribution in [0.3, 0.4) is 0 Å². The van der Waals surface area contributed by atoms with Crippen LogP contribution in [0.1, 0.15) is 46.0 Å². The van der Waals surface area contributed by atoms with Gasteiger partial charge in [-0.3, -0.25) is 11.3 Å². The number of nitrogens with two attached hydrogens (primary N) is 1. The second kappa shape index (κ2) is 5.98. The second-order valence-electron chi connectivity index (χ2n) is 4.67. The van der Waals surface area contributed by atoms with Crippen molar-refractivity contribution in [3.8, 4) is 0 Å². The van der Waals surface area contributed by atoms with Crippen molar-refractivity contribution in [3.63, 3.8) is 0 Å². The lowest BCUT2D eigenvalue weighted by Crippen LogP contribution is -2.53. The van der Waals surface area contributed by atoms with Crippen LogP contribution < -0.4 is 11.3 Å². The Morgan fingerprint density at radius 3 is 2.38 bits per heavy atom. The minimum atomic E-state index is -2.94. The van der Waals surface area contributed by atoms with Crippen molar-refractivity contribution >= 4 is 9.84 Å². The summed E-state index contributed by atoms with van der Waals surface area (Å²) in [5.74, 6) is 6.24. The molecule has 16 heavy (non-hydrogen) atoms. The third kappa shape index (κ3) is 2.96. The zero-order valence-electron chi connectivity index (χ0n) is 10.3. The third-order valence-electron chi connectivity index (χ3n) is 3.78. The van der Waals surface area contributed by atoms with Crippen LogP contribution in [0.25, 0.3) is 0 Å². The van der Waals surface area contributed by atoms with Crippen LogP contribution in [0.5, 0.6) is 0 Å². The Balaban J connectivity index is 2.85. The Labute approximate surface area is 98.9 Å². The van der Waals surface area contributed by atoms with E-state index >= 15 is 0 Å². The molecule has 2 unspecified atom stereocenters. The summed E-state index contributed by atoms with van der Waals surface area (Å²) in [6.07, 6.45) is 4.50. The van der Waals surface area contributed by atoms with Crippen LogP contribution >= 0.6 is 0 Å². The van der Waals surface area contributed by atoms with Crippen molar-refractivity contribution in [1.82, 2.24) is 5.43 Å². The molecule has 0 saturated carbocycles. The van der Waals surface area contributed by atoms with E-state index in [0.717, 1.165) is 32.1 Å². The van der Waals surface area contributed by atoms with Crippen LogP contribution in [-0.2, 0) is 9.84 Å². The van der Waals surface area contributed by atoms with Crippen molar-refractivity contribution in [2.45, 2.75) is 57.2 Å². The predicted molar refractivity (Wildman–Crippen MR) is 66.6 cm³/mol. The van der Waals surface area contributed by atoms with E-state index in [1.54, 1.807) is 0 Å². The summed E-state index contributed by atoms with van der Waals surface area (Å²) in [4.78, 5) is 0. The molecule has 0 radical (unpaired) electrons. The fourth-order valence-corrected chi connectivity index (χ4v) is 4.91. The molecule has 96 valence electrons. The first-order valence-corrected chi connectivity index (χ1v) is 7.96. The SMILES string of the molecule is CCC(CC)C(NN)C1CCCCS1(=O)=O. The Kier molecular flexibility index (Phi) is 5.21. The highest BCUT2D eigenvalue weighted by Crippen LogP contribution is 2.27. The van der Waals surface area contributed by atoms with E-state index < -0.39 is 9.84 Å². The largest absolute Gasteiger partial charge is 0.271 e. The van der Waals surface area contributed by atoms with Crippen LogP contribution in [0.2, 0.25) is 0 Å². The lowest BCUT2D eigenvalue weighted by molar-refractivity contribution is 0.310. The zero-order valence-corrected chi connectivity index (χ0v) is 11.1. The van der Waals surface area contributed by atoms with E-state index in [2.05, 4.69) is 19.3 Å². The van der Waals surface area contributed by atoms with Gasteiger partial charge >= 0.3 is 0 Å². The van der Waals surface area contributed by atoms with E-state index in [4.69, 9.17) is 5.84 Å². The normalized spacial score (nSPS) is 26.9. The molecule has 1 rings (SSSR count). The van der Waals surface area contributed by atoms with Gasteiger partial charge < -0.3 is 0 Å². The quantitative estimate of drug-likeness (QED) is 0.567. The van der Waals surface area contributed by atoms with Gasteiger partial charge in [-0.2, -0.15) is 0 Å². The maximum absolute atomic E-state index is 12.0. The van der Waals surface area contributed by atoms with Crippen molar-refractivity contribution in [1.29, 1.82) is 0 Å². The Morgan fingerprint density at radius 1 is 1.31 bits per heavy atom. The minimum Gasteiger partial charge on any atom is -0.271 e. The standard InChI is InChI=1S/C11H24N2O2S/c1-3-9(4-2)11(13-12)10-7-5-6-8-16(10,14)15/h9-11,13H,3-8,12H2,1-2H3. The first-order chi connectivity index (χ1) is 7.56. The summed E-state index contributed by atoms with van der Waals surface area (Å²) >= 11 is 0. The van der Waals surface area contributed by atoms with Gasteiger partial charge in [-0.05, 0) is 18.8 Å². The van der Waals surface area contributed by atoms with Gasteiger partial charge in [0.25, 0.3) is 0 Å². The van der Waals surface area contributed by atoms with Gasteiger partial charge in [0, 0.05) is 6.04 Å². The number of sulfone groups is 1. The van der Waals surface area contributed by atoms with Gasteiger partial charge in [-0.25, -0.2) is 8.42 Å². The third-order valence-corrected chi connectivity index (χ3v) is 6.09. The summed E-state index contributed by atoms with van der Waals surface area (Å²) in [6, 6.07) is -0.0831. The predicted octanol–water partition coefficient (Wildman–Crippen LogP) is 1.22. The molecule has 2 atom stereocenters. The smallest absolute Gasteiger partial charge is 0.154 e. The molecule has 1 aliphatic heterocycles. The van der Waals surface area contributed by atoms with Gasteiger partial charge in [-0.1, -0.05) is 33.1 Å². The minimum absolute atomic E-state index is 0.0831. The molecule has 4 nitrogen and oxygen atoms in total. The van der Waals surface area contributed by atoms with Crippen LogP contribution in [0, 0.1) is 5.92 Å². The molecule has 0 spiro atoms. The highest BCUT2D eigenvalue weighted by Gasteiger charge is 2.37. The topological polar surface area (TPSA) is 72.2 Å². The van der Waals surface area contributed by atoms with Gasteiger partial charge in [0.2, 0.25) is 0 Å². The van der Waals surface area contributed by atoms with E-state index in [-0.39, 0.29) is 11.3 Å². The van der Waals surface area contributed by atoms with Gasteiger partial charge in [0.1, 0.15) is 0 Å². The molecular formula is C11H24N2O2S. The van der Waals surface area contributed by atoms with Crippen molar-refractivity contribution in [2.24, 2.45) is 11.8 Å². The molecule has 0 aromatic rings. The summed E-state index contributed by atoms with van der Waals surface area (Å²) in [5.41, 5.74) is 2.75. The van der Waals surface area contributed by atoms with Crippen molar-refractivity contribution in [3.05, 3.63) is 0 Å². The lowest BCUT2D eigenvalue weighted by Gasteiger charge is -2.34. The van der Waals surface area contributed by atoms with Crippen LogP contribution in [0.4, 0.5) is 0 Å².